The fourth-order valence-corrected chi connectivity index (χ4v) is 2.36. The highest BCUT2D eigenvalue weighted by atomic mass is 15.0. The first-order valence-corrected chi connectivity index (χ1v) is 5.84. The maximum Gasteiger partial charge on any atom is 0.0277 e. The summed E-state index contributed by atoms with van der Waals surface area (Å²) >= 11 is 0. The van der Waals surface area contributed by atoms with Crippen LogP contribution in [-0.4, -0.2) is 4.57 Å². The molecule has 0 atom stereocenters. The van der Waals surface area contributed by atoms with E-state index in [1.165, 1.54) is 22.4 Å². The third-order valence-electron chi connectivity index (χ3n) is 3.09. The average Bonchev–Trinajstić information content (AvgIpc) is 2.56. The number of nitrogens with zero attached hydrogens (tertiary/aromatic N) is 1. The fourth-order valence-electron chi connectivity index (χ4n) is 2.36. The zero-order valence-electron chi connectivity index (χ0n) is 10.5. The molecule has 0 saturated heterocycles. The first kappa shape index (κ1) is 11.0. The lowest BCUT2D eigenvalue weighted by Gasteiger charge is -2.11. The molecule has 0 amide bonds. The van der Waals surface area contributed by atoms with Crippen LogP contribution in [0.3, 0.4) is 0 Å². The Balaban J connectivity index is 2.58. The van der Waals surface area contributed by atoms with Gasteiger partial charge in [0.15, 0.2) is 0 Å². The molecule has 0 radical (unpaired) electrons. The molecule has 1 aromatic heterocycles. The van der Waals surface area contributed by atoms with Crippen LogP contribution in [0, 0.1) is 13.8 Å². The maximum atomic E-state index is 2.34. The van der Waals surface area contributed by atoms with Crippen molar-refractivity contribution in [1.29, 1.82) is 0 Å². The van der Waals surface area contributed by atoms with Crippen LogP contribution in [0.4, 0.5) is 0 Å². The van der Waals surface area contributed by atoms with Crippen LogP contribution < -0.4 is 0 Å². The molecule has 2 aromatic rings. The lowest BCUT2D eigenvalue weighted by atomic mass is 10.0. The van der Waals surface area contributed by atoms with Gasteiger partial charge in [0.1, 0.15) is 0 Å². The van der Waals surface area contributed by atoms with E-state index in [0.717, 1.165) is 0 Å². The maximum absolute atomic E-state index is 2.34. The lowest BCUT2D eigenvalue weighted by Crippen LogP contribution is -2.00. The molecule has 0 N–H and O–H groups in total. The van der Waals surface area contributed by atoms with E-state index < -0.39 is 0 Å². The summed E-state index contributed by atoms with van der Waals surface area (Å²) in [6.07, 6.45) is 2.25. The first-order valence-electron chi connectivity index (χ1n) is 5.84. The van der Waals surface area contributed by atoms with Gasteiger partial charge in [-0.25, -0.2) is 0 Å². The minimum Gasteiger partial charge on any atom is -0.348 e. The van der Waals surface area contributed by atoms with Gasteiger partial charge in [0.25, 0.3) is 0 Å². The number of hydrogen-bond donors (Lipinski definition) is 0. The third-order valence-corrected chi connectivity index (χ3v) is 3.09. The Morgan fingerprint density at radius 3 is 2.12 bits per heavy atom. The van der Waals surface area contributed by atoms with Gasteiger partial charge in [-0.1, -0.05) is 30.3 Å². The van der Waals surface area contributed by atoms with Crippen LogP contribution in [0.15, 0.2) is 36.5 Å². The molecule has 0 saturated carbocycles. The largest absolute Gasteiger partial charge is 0.348 e. The van der Waals surface area contributed by atoms with Gasteiger partial charge in [-0.3, -0.25) is 0 Å². The summed E-state index contributed by atoms with van der Waals surface area (Å²) in [5.41, 5.74) is 5.42. The molecule has 16 heavy (non-hydrogen) atoms. The Labute approximate surface area is 97.7 Å². The second-order valence-electron chi connectivity index (χ2n) is 4.64. The van der Waals surface area contributed by atoms with E-state index in [1.807, 2.05) is 0 Å². The summed E-state index contributed by atoms with van der Waals surface area (Å²) in [5.74, 6) is 0. The molecule has 84 valence electrons. The fraction of sp³-hybridized carbons (Fsp3) is 0.333. The zero-order chi connectivity index (χ0) is 11.7. The van der Waals surface area contributed by atoms with E-state index >= 15 is 0 Å². The van der Waals surface area contributed by atoms with Crippen molar-refractivity contribution in [2.24, 2.45) is 0 Å². The summed E-state index contributed by atoms with van der Waals surface area (Å²) in [6, 6.07) is 11.1. The number of rotatable bonds is 2. The van der Waals surface area contributed by atoms with Gasteiger partial charge in [-0.2, -0.15) is 0 Å². The highest BCUT2D eigenvalue weighted by Crippen LogP contribution is 2.30. The van der Waals surface area contributed by atoms with Crippen molar-refractivity contribution in [2.45, 2.75) is 33.7 Å². The Kier molecular flexibility index (Phi) is 2.86. The number of hydrogen-bond acceptors (Lipinski definition) is 0. The first-order chi connectivity index (χ1) is 7.61. The highest BCUT2D eigenvalue weighted by Gasteiger charge is 2.12. The quantitative estimate of drug-likeness (QED) is 0.698. The minimum absolute atomic E-state index is 0.524. The smallest absolute Gasteiger partial charge is 0.0277 e. The number of aryl methyl sites for hydroxylation is 1. The van der Waals surface area contributed by atoms with Crippen LogP contribution >= 0.6 is 0 Å². The molecule has 0 aliphatic heterocycles. The molecule has 1 nitrogen and oxygen atoms in total. The van der Waals surface area contributed by atoms with E-state index in [0.29, 0.717) is 6.04 Å². The Morgan fingerprint density at radius 2 is 1.62 bits per heavy atom. The van der Waals surface area contributed by atoms with Gasteiger partial charge < -0.3 is 4.57 Å². The molecule has 0 spiro atoms. The van der Waals surface area contributed by atoms with Crippen molar-refractivity contribution in [3.63, 3.8) is 0 Å². The van der Waals surface area contributed by atoms with Crippen LogP contribution in [0.1, 0.15) is 31.1 Å². The second kappa shape index (κ2) is 4.17. The van der Waals surface area contributed by atoms with Gasteiger partial charge in [0.05, 0.1) is 0 Å². The SMILES string of the molecule is Cc1cn(C(C)C)c(C)c1-c1ccccc1. The van der Waals surface area contributed by atoms with Gasteiger partial charge in [-0.05, 0) is 38.8 Å². The standard InChI is InChI=1S/C15H19N/c1-11(2)16-10-12(3)15(13(16)4)14-8-6-5-7-9-14/h5-11H,1-4H3. The topological polar surface area (TPSA) is 4.93 Å². The van der Waals surface area contributed by atoms with Crippen molar-refractivity contribution in [3.05, 3.63) is 47.8 Å². The summed E-state index contributed by atoms with van der Waals surface area (Å²) in [4.78, 5) is 0. The van der Waals surface area contributed by atoms with Crippen LogP contribution in [0.2, 0.25) is 0 Å². The molecule has 0 aliphatic carbocycles. The third kappa shape index (κ3) is 1.78. The number of benzene rings is 1. The normalized spacial score (nSPS) is 11.1. The highest BCUT2D eigenvalue weighted by molar-refractivity contribution is 5.70. The molecular weight excluding hydrogens is 194 g/mol. The minimum atomic E-state index is 0.524. The number of aromatic nitrogens is 1. The van der Waals surface area contributed by atoms with E-state index in [9.17, 15) is 0 Å². The van der Waals surface area contributed by atoms with Gasteiger partial charge in [0.2, 0.25) is 0 Å². The molecule has 1 aromatic carbocycles. The summed E-state index contributed by atoms with van der Waals surface area (Å²) < 4.78 is 2.34. The van der Waals surface area contributed by atoms with Crippen molar-refractivity contribution in [3.8, 4) is 11.1 Å². The van der Waals surface area contributed by atoms with Crippen molar-refractivity contribution >= 4 is 0 Å². The van der Waals surface area contributed by atoms with Crippen molar-refractivity contribution < 1.29 is 0 Å². The summed E-state index contributed by atoms with van der Waals surface area (Å²) in [5, 5.41) is 0. The Bertz CT molecular complexity index is 478. The van der Waals surface area contributed by atoms with Gasteiger partial charge >= 0.3 is 0 Å². The molecule has 0 fully saturated rings. The van der Waals surface area contributed by atoms with E-state index in [1.54, 1.807) is 0 Å². The predicted octanol–water partition coefficient (Wildman–Crippen LogP) is 4.35. The average molecular weight is 213 g/mol. The van der Waals surface area contributed by atoms with Crippen LogP contribution in [0.5, 0.6) is 0 Å². The van der Waals surface area contributed by atoms with Crippen molar-refractivity contribution in [2.75, 3.05) is 0 Å². The van der Waals surface area contributed by atoms with E-state index in [4.69, 9.17) is 0 Å². The van der Waals surface area contributed by atoms with Crippen molar-refractivity contribution in [1.82, 2.24) is 4.57 Å². The Hall–Kier alpha value is -1.50. The zero-order valence-corrected chi connectivity index (χ0v) is 10.5. The molecule has 0 bridgehead atoms. The Morgan fingerprint density at radius 1 is 1.00 bits per heavy atom. The predicted molar refractivity (Wildman–Crippen MR) is 69.7 cm³/mol. The van der Waals surface area contributed by atoms with E-state index in [2.05, 4.69) is 68.8 Å². The molecule has 2 rings (SSSR count). The lowest BCUT2D eigenvalue weighted by molar-refractivity contribution is 0.589. The van der Waals surface area contributed by atoms with Gasteiger partial charge in [-0.15, -0.1) is 0 Å². The molecule has 1 heterocycles. The molecule has 0 aliphatic rings. The van der Waals surface area contributed by atoms with Gasteiger partial charge in [0, 0.05) is 23.5 Å². The second-order valence-corrected chi connectivity index (χ2v) is 4.64. The monoisotopic (exact) mass is 213 g/mol. The summed E-state index contributed by atoms with van der Waals surface area (Å²) in [7, 11) is 0. The van der Waals surface area contributed by atoms with Crippen LogP contribution in [0.25, 0.3) is 11.1 Å². The molecule has 0 unspecified atom stereocenters. The molecular formula is C15H19N. The molecule has 1 heteroatoms. The van der Waals surface area contributed by atoms with E-state index in [-0.39, 0.29) is 0 Å². The summed E-state index contributed by atoms with van der Waals surface area (Å²) in [6.45, 7) is 8.84. The van der Waals surface area contributed by atoms with Crippen LogP contribution in [-0.2, 0) is 0 Å².